The van der Waals surface area contributed by atoms with Crippen molar-refractivity contribution in [1.29, 1.82) is 0 Å². The second-order valence-corrected chi connectivity index (χ2v) is 3.80. The molecule has 1 radical (unpaired) electrons. The Labute approximate surface area is 93.6 Å². The minimum atomic E-state index is 0.514. The van der Waals surface area contributed by atoms with Crippen LogP contribution in [0.15, 0.2) is 0 Å². The first-order valence-corrected chi connectivity index (χ1v) is 6.11. The smallest absolute Gasteiger partial charge is 0.417 e. The van der Waals surface area contributed by atoms with Crippen molar-refractivity contribution in [2.75, 3.05) is 19.7 Å². The molecule has 0 bridgehead atoms. The fraction of sp³-hybridized carbons (Fsp3) is 0.917. The van der Waals surface area contributed by atoms with Crippen molar-refractivity contribution in [3.63, 3.8) is 0 Å². The van der Waals surface area contributed by atoms with Crippen LogP contribution in [0.1, 0.15) is 51.9 Å². The molecule has 0 spiro atoms. The van der Waals surface area contributed by atoms with Crippen LogP contribution in [-0.4, -0.2) is 26.2 Å². The number of carbonyl (C=O) groups excluding carboxylic acids is 1. The Bertz CT molecular complexity index is 129. The third-order valence-corrected chi connectivity index (χ3v) is 2.37. The van der Waals surface area contributed by atoms with Crippen molar-refractivity contribution < 1.29 is 9.53 Å². The van der Waals surface area contributed by atoms with E-state index in [9.17, 15) is 4.79 Å². The van der Waals surface area contributed by atoms with E-state index in [0.29, 0.717) is 6.61 Å². The predicted molar refractivity (Wildman–Crippen MR) is 62.5 cm³/mol. The molecule has 0 aromatic heterocycles. The highest BCUT2D eigenvalue weighted by molar-refractivity contribution is 5.37. The summed E-state index contributed by atoms with van der Waals surface area (Å²) in [6, 6.07) is 0. The van der Waals surface area contributed by atoms with E-state index >= 15 is 0 Å². The molecule has 0 amide bonds. The van der Waals surface area contributed by atoms with Gasteiger partial charge in [-0.2, -0.15) is 0 Å². The molecule has 0 atom stereocenters. The van der Waals surface area contributed by atoms with Crippen LogP contribution in [0.4, 0.5) is 0 Å². The van der Waals surface area contributed by atoms with Gasteiger partial charge in [0.1, 0.15) is 0 Å². The number of hydrogen-bond acceptors (Lipinski definition) is 3. The molecule has 0 aromatic carbocycles. The van der Waals surface area contributed by atoms with Crippen molar-refractivity contribution in [2.24, 2.45) is 0 Å². The van der Waals surface area contributed by atoms with Crippen molar-refractivity contribution in [3.8, 4) is 0 Å². The van der Waals surface area contributed by atoms with Crippen molar-refractivity contribution in [1.82, 2.24) is 5.32 Å². The van der Waals surface area contributed by atoms with Gasteiger partial charge in [-0.3, -0.25) is 0 Å². The van der Waals surface area contributed by atoms with Gasteiger partial charge in [0.25, 0.3) is 0 Å². The summed E-state index contributed by atoms with van der Waals surface area (Å²) in [6.45, 7) is 6.39. The summed E-state index contributed by atoms with van der Waals surface area (Å²) in [5.74, 6) is 0. The fourth-order valence-electron chi connectivity index (χ4n) is 1.44. The van der Waals surface area contributed by atoms with Crippen molar-refractivity contribution >= 4 is 6.47 Å². The average Bonchev–Trinajstić information content (AvgIpc) is 2.26. The maximum absolute atomic E-state index is 9.71. The Balaban J connectivity index is 2.83. The molecule has 0 unspecified atom stereocenters. The maximum atomic E-state index is 9.71. The van der Waals surface area contributed by atoms with Gasteiger partial charge in [-0.1, -0.05) is 26.2 Å². The van der Waals surface area contributed by atoms with E-state index < -0.39 is 0 Å². The van der Waals surface area contributed by atoms with Gasteiger partial charge in [0.05, 0.1) is 6.61 Å². The van der Waals surface area contributed by atoms with E-state index in [1.54, 1.807) is 0 Å². The molecule has 0 fully saturated rings. The molecular formula is C12H24NO2. The summed E-state index contributed by atoms with van der Waals surface area (Å²) in [5.41, 5.74) is 0. The molecule has 0 aliphatic rings. The molecule has 0 rings (SSSR count). The predicted octanol–water partition coefficient (Wildman–Crippen LogP) is 2.41. The lowest BCUT2D eigenvalue weighted by atomic mass is 10.2. The van der Waals surface area contributed by atoms with Crippen LogP contribution in [0.2, 0.25) is 0 Å². The summed E-state index contributed by atoms with van der Waals surface area (Å²) in [4.78, 5) is 9.71. The molecular weight excluding hydrogens is 190 g/mol. The Morgan fingerprint density at radius 3 is 2.27 bits per heavy atom. The highest BCUT2D eigenvalue weighted by Crippen LogP contribution is 1.97. The van der Waals surface area contributed by atoms with Crippen molar-refractivity contribution in [2.45, 2.75) is 51.9 Å². The van der Waals surface area contributed by atoms with Gasteiger partial charge in [0.15, 0.2) is 0 Å². The van der Waals surface area contributed by atoms with Gasteiger partial charge in [-0.15, -0.1) is 0 Å². The SMILES string of the molecule is CCCCCCNCCCCCO[C]=O. The van der Waals surface area contributed by atoms with Gasteiger partial charge >= 0.3 is 6.47 Å². The lowest BCUT2D eigenvalue weighted by Gasteiger charge is -2.04. The highest BCUT2D eigenvalue weighted by Gasteiger charge is 1.91. The molecule has 15 heavy (non-hydrogen) atoms. The van der Waals surface area contributed by atoms with Crippen LogP contribution >= 0.6 is 0 Å². The number of unbranched alkanes of at least 4 members (excludes halogenated alkanes) is 5. The Hall–Kier alpha value is -0.570. The topological polar surface area (TPSA) is 38.3 Å². The summed E-state index contributed by atoms with van der Waals surface area (Å²) < 4.78 is 4.48. The van der Waals surface area contributed by atoms with Gasteiger partial charge in [0, 0.05) is 0 Å². The monoisotopic (exact) mass is 214 g/mol. The summed E-state index contributed by atoms with van der Waals surface area (Å²) in [7, 11) is 0. The zero-order valence-electron chi connectivity index (χ0n) is 9.89. The molecule has 0 aliphatic heterocycles. The van der Waals surface area contributed by atoms with Crippen molar-refractivity contribution in [3.05, 3.63) is 0 Å². The minimum absolute atomic E-state index is 0.514. The van der Waals surface area contributed by atoms with Gasteiger partial charge in [-0.25, -0.2) is 4.79 Å². The first-order valence-electron chi connectivity index (χ1n) is 6.11. The lowest BCUT2D eigenvalue weighted by Crippen LogP contribution is -2.16. The molecule has 0 aromatic rings. The third-order valence-electron chi connectivity index (χ3n) is 2.37. The number of hydrogen-bond donors (Lipinski definition) is 1. The Kier molecular flexibility index (Phi) is 12.9. The standard InChI is InChI=1S/C12H24NO2/c1-2-3-4-6-9-13-10-7-5-8-11-15-12-14/h13H,2-11H2,1H3. The van der Waals surface area contributed by atoms with Gasteiger partial charge in [-0.05, 0) is 38.8 Å². The van der Waals surface area contributed by atoms with Crippen LogP contribution in [0, 0.1) is 0 Å². The maximum Gasteiger partial charge on any atom is 0.417 e. The average molecular weight is 214 g/mol. The third kappa shape index (κ3) is 13.4. The number of ether oxygens (including phenoxy) is 1. The second-order valence-electron chi connectivity index (χ2n) is 3.80. The molecule has 89 valence electrons. The molecule has 0 saturated carbocycles. The van der Waals surface area contributed by atoms with E-state index in [1.165, 1.54) is 32.2 Å². The number of rotatable bonds is 12. The molecule has 0 aliphatic carbocycles. The van der Waals surface area contributed by atoms with Crippen LogP contribution in [-0.2, 0) is 9.53 Å². The highest BCUT2D eigenvalue weighted by atomic mass is 16.5. The first-order chi connectivity index (χ1) is 7.41. The Morgan fingerprint density at radius 1 is 1.00 bits per heavy atom. The molecule has 0 heterocycles. The Morgan fingerprint density at radius 2 is 1.67 bits per heavy atom. The minimum Gasteiger partial charge on any atom is -0.457 e. The molecule has 3 nitrogen and oxygen atoms in total. The summed E-state index contributed by atoms with van der Waals surface area (Å²) in [5, 5.41) is 3.42. The quantitative estimate of drug-likeness (QED) is 0.507. The van der Waals surface area contributed by atoms with E-state index in [-0.39, 0.29) is 0 Å². The van der Waals surface area contributed by atoms with E-state index in [1.807, 2.05) is 0 Å². The summed E-state index contributed by atoms with van der Waals surface area (Å²) in [6.07, 6.45) is 8.50. The molecule has 1 N–H and O–H groups in total. The lowest BCUT2D eigenvalue weighted by molar-refractivity contribution is 0.269. The van der Waals surface area contributed by atoms with Gasteiger partial charge in [0.2, 0.25) is 0 Å². The zero-order valence-corrected chi connectivity index (χ0v) is 9.89. The van der Waals surface area contributed by atoms with E-state index in [2.05, 4.69) is 17.0 Å². The van der Waals surface area contributed by atoms with Crippen LogP contribution in [0.3, 0.4) is 0 Å². The normalized spacial score (nSPS) is 10.2. The van der Waals surface area contributed by atoms with Crippen LogP contribution in [0.25, 0.3) is 0 Å². The zero-order chi connectivity index (χ0) is 11.2. The first kappa shape index (κ1) is 14.4. The van der Waals surface area contributed by atoms with E-state index in [4.69, 9.17) is 0 Å². The fourth-order valence-corrected chi connectivity index (χ4v) is 1.44. The largest absolute Gasteiger partial charge is 0.457 e. The van der Waals surface area contributed by atoms with Crippen LogP contribution < -0.4 is 5.32 Å². The number of nitrogens with one attached hydrogen (secondary N) is 1. The summed E-state index contributed by atoms with van der Waals surface area (Å²) >= 11 is 0. The van der Waals surface area contributed by atoms with Gasteiger partial charge < -0.3 is 10.1 Å². The second kappa shape index (κ2) is 13.4. The van der Waals surface area contributed by atoms with Crippen LogP contribution in [0.5, 0.6) is 0 Å². The molecule has 3 heteroatoms. The van der Waals surface area contributed by atoms with E-state index in [0.717, 1.165) is 32.4 Å². The molecule has 0 saturated heterocycles.